The van der Waals surface area contributed by atoms with E-state index in [4.69, 9.17) is 0 Å². The largest absolute Gasteiger partial charge is 0.352 e. The van der Waals surface area contributed by atoms with Crippen LogP contribution in [0.2, 0.25) is 0 Å². The van der Waals surface area contributed by atoms with Crippen molar-refractivity contribution in [3.8, 4) is 5.82 Å². The number of hydrogen-bond acceptors (Lipinski definition) is 8. The smallest absolute Gasteiger partial charge is 0.178 e. The van der Waals surface area contributed by atoms with Crippen LogP contribution >= 0.6 is 0 Å². The summed E-state index contributed by atoms with van der Waals surface area (Å²) >= 11 is 0. The molecule has 0 spiro atoms. The molecule has 4 aromatic heterocycles. The van der Waals surface area contributed by atoms with E-state index in [0.717, 1.165) is 49.3 Å². The van der Waals surface area contributed by atoms with Crippen molar-refractivity contribution in [3.63, 3.8) is 0 Å². The van der Waals surface area contributed by atoms with Gasteiger partial charge in [0.15, 0.2) is 23.1 Å². The van der Waals surface area contributed by atoms with Crippen molar-refractivity contribution in [1.82, 2.24) is 39.8 Å². The van der Waals surface area contributed by atoms with Crippen LogP contribution in [-0.2, 0) is 0 Å². The molecule has 0 bridgehead atoms. The zero-order valence-corrected chi connectivity index (χ0v) is 14.8. The lowest BCUT2D eigenvalue weighted by Gasteiger charge is -2.35. The van der Waals surface area contributed by atoms with E-state index in [1.54, 1.807) is 15.4 Å². The normalized spacial score (nSPS) is 14.9. The van der Waals surface area contributed by atoms with Crippen molar-refractivity contribution in [2.75, 3.05) is 36.0 Å². The standard InChI is InChI=1S/C17H18N10/c1-13-19-22-16-5-6-17(23-27(13)16)25-11-9-24(10-12-25)14-3-4-15(21-20-14)26-8-2-7-18-26/h2-8H,9-12H2,1H3. The lowest BCUT2D eigenvalue weighted by molar-refractivity contribution is 0.631. The molecule has 10 heteroatoms. The number of aromatic nitrogens is 8. The van der Waals surface area contributed by atoms with Gasteiger partial charge in [0.05, 0.1) is 0 Å². The molecule has 1 fully saturated rings. The van der Waals surface area contributed by atoms with Gasteiger partial charge in [-0.25, -0.2) is 4.68 Å². The third kappa shape index (κ3) is 2.84. The van der Waals surface area contributed by atoms with Crippen LogP contribution in [0.3, 0.4) is 0 Å². The van der Waals surface area contributed by atoms with Crippen molar-refractivity contribution in [2.24, 2.45) is 0 Å². The van der Waals surface area contributed by atoms with E-state index >= 15 is 0 Å². The van der Waals surface area contributed by atoms with E-state index in [-0.39, 0.29) is 0 Å². The second-order valence-electron chi connectivity index (χ2n) is 6.38. The molecule has 27 heavy (non-hydrogen) atoms. The van der Waals surface area contributed by atoms with Gasteiger partial charge in [0.25, 0.3) is 0 Å². The van der Waals surface area contributed by atoms with Crippen molar-refractivity contribution in [2.45, 2.75) is 6.92 Å². The van der Waals surface area contributed by atoms with E-state index in [1.165, 1.54) is 0 Å². The Labute approximate surface area is 155 Å². The van der Waals surface area contributed by atoms with Gasteiger partial charge in [-0.15, -0.1) is 25.5 Å². The first-order valence-electron chi connectivity index (χ1n) is 8.81. The van der Waals surface area contributed by atoms with Crippen LogP contribution in [0.5, 0.6) is 0 Å². The molecule has 136 valence electrons. The van der Waals surface area contributed by atoms with Crippen LogP contribution in [0.15, 0.2) is 42.7 Å². The van der Waals surface area contributed by atoms with Gasteiger partial charge in [-0.1, -0.05) is 0 Å². The Balaban J connectivity index is 1.28. The zero-order chi connectivity index (χ0) is 18.2. The first kappa shape index (κ1) is 15.7. The number of piperazine rings is 1. The van der Waals surface area contributed by atoms with E-state index in [1.807, 2.05) is 43.5 Å². The molecular formula is C17H18N10. The Kier molecular flexibility index (Phi) is 3.66. The van der Waals surface area contributed by atoms with Crippen molar-refractivity contribution >= 4 is 17.3 Å². The number of hydrogen-bond donors (Lipinski definition) is 0. The Hall–Kier alpha value is -3.56. The maximum absolute atomic E-state index is 4.66. The molecule has 0 N–H and O–H groups in total. The average Bonchev–Trinajstić information content (AvgIpc) is 3.39. The minimum Gasteiger partial charge on any atom is -0.352 e. The van der Waals surface area contributed by atoms with Crippen molar-refractivity contribution in [1.29, 1.82) is 0 Å². The predicted molar refractivity (Wildman–Crippen MR) is 99.1 cm³/mol. The Morgan fingerprint density at radius 2 is 1.48 bits per heavy atom. The van der Waals surface area contributed by atoms with Crippen LogP contribution in [-0.4, -0.2) is 66.0 Å². The molecule has 4 aromatic rings. The molecule has 0 atom stereocenters. The fraction of sp³-hybridized carbons (Fsp3) is 0.294. The first-order chi connectivity index (χ1) is 13.3. The third-order valence-corrected chi connectivity index (χ3v) is 4.71. The Morgan fingerprint density at radius 1 is 0.778 bits per heavy atom. The summed E-state index contributed by atoms with van der Waals surface area (Å²) in [6.07, 6.45) is 3.57. The molecule has 0 unspecified atom stereocenters. The number of nitrogens with zero attached hydrogens (tertiary/aromatic N) is 10. The molecular weight excluding hydrogens is 344 g/mol. The highest BCUT2D eigenvalue weighted by Gasteiger charge is 2.20. The molecule has 10 nitrogen and oxygen atoms in total. The molecule has 1 aliphatic rings. The molecule has 0 amide bonds. The maximum atomic E-state index is 4.66. The zero-order valence-electron chi connectivity index (χ0n) is 14.8. The SMILES string of the molecule is Cc1nnc2ccc(N3CCN(c4ccc(-n5cccn5)nn4)CC3)nn12. The lowest BCUT2D eigenvalue weighted by atomic mass is 10.3. The summed E-state index contributed by atoms with van der Waals surface area (Å²) in [5.41, 5.74) is 0.766. The van der Waals surface area contributed by atoms with Crippen LogP contribution < -0.4 is 9.80 Å². The van der Waals surface area contributed by atoms with Gasteiger partial charge in [-0.05, 0) is 37.3 Å². The Morgan fingerprint density at radius 3 is 2.19 bits per heavy atom. The van der Waals surface area contributed by atoms with Crippen LogP contribution in [0, 0.1) is 6.92 Å². The van der Waals surface area contributed by atoms with Crippen molar-refractivity contribution in [3.05, 3.63) is 48.5 Å². The number of aryl methyl sites for hydroxylation is 1. The average molecular weight is 362 g/mol. The second-order valence-corrected chi connectivity index (χ2v) is 6.38. The molecule has 0 aromatic carbocycles. The summed E-state index contributed by atoms with van der Waals surface area (Å²) in [7, 11) is 0. The van der Waals surface area contributed by atoms with Crippen molar-refractivity contribution < 1.29 is 0 Å². The summed E-state index contributed by atoms with van der Waals surface area (Å²) in [5.74, 6) is 3.32. The number of fused-ring (bicyclic) bond motifs is 1. The summed E-state index contributed by atoms with van der Waals surface area (Å²) in [6.45, 7) is 5.35. The summed E-state index contributed by atoms with van der Waals surface area (Å²) < 4.78 is 3.48. The monoisotopic (exact) mass is 362 g/mol. The predicted octanol–water partition coefficient (Wildman–Crippen LogP) is 0.735. The fourth-order valence-electron chi connectivity index (χ4n) is 3.23. The summed E-state index contributed by atoms with van der Waals surface area (Å²) in [6, 6.07) is 9.74. The number of anilines is 2. The summed E-state index contributed by atoms with van der Waals surface area (Å²) in [5, 5.41) is 25.6. The van der Waals surface area contributed by atoms with Gasteiger partial charge in [0.1, 0.15) is 5.82 Å². The van der Waals surface area contributed by atoms with E-state index < -0.39 is 0 Å². The quantitative estimate of drug-likeness (QED) is 0.527. The van der Waals surface area contributed by atoms with E-state index in [9.17, 15) is 0 Å². The van der Waals surface area contributed by atoms with Gasteiger partial charge < -0.3 is 9.80 Å². The lowest BCUT2D eigenvalue weighted by Crippen LogP contribution is -2.47. The maximum Gasteiger partial charge on any atom is 0.178 e. The topological polar surface area (TPSA) is 93.2 Å². The number of rotatable bonds is 3. The van der Waals surface area contributed by atoms with Crippen LogP contribution in [0.1, 0.15) is 5.82 Å². The van der Waals surface area contributed by atoms with Gasteiger partial charge in [-0.3, -0.25) is 0 Å². The van der Waals surface area contributed by atoms with Crippen LogP contribution in [0.4, 0.5) is 11.6 Å². The highest BCUT2D eigenvalue weighted by molar-refractivity contribution is 5.48. The highest BCUT2D eigenvalue weighted by Crippen LogP contribution is 2.18. The second kappa shape index (κ2) is 6.31. The van der Waals surface area contributed by atoms with E-state index in [2.05, 4.69) is 40.4 Å². The van der Waals surface area contributed by atoms with Crippen LogP contribution in [0.25, 0.3) is 11.5 Å². The molecule has 5 heterocycles. The molecule has 5 rings (SSSR count). The third-order valence-electron chi connectivity index (χ3n) is 4.71. The summed E-state index contributed by atoms with van der Waals surface area (Å²) in [4.78, 5) is 4.50. The van der Waals surface area contributed by atoms with E-state index in [0.29, 0.717) is 5.82 Å². The van der Waals surface area contributed by atoms with Gasteiger partial charge in [-0.2, -0.15) is 9.61 Å². The molecule has 0 saturated carbocycles. The van der Waals surface area contributed by atoms with Gasteiger partial charge in [0.2, 0.25) is 0 Å². The molecule has 1 saturated heterocycles. The highest BCUT2D eigenvalue weighted by atomic mass is 15.4. The first-order valence-corrected chi connectivity index (χ1v) is 8.81. The minimum atomic E-state index is 0.712. The molecule has 1 aliphatic heterocycles. The minimum absolute atomic E-state index is 0.712. The molecule has 0 radical (unpaired) electrons. The van der Waals surface area contributed by atoms with Gasteiger partial charge >= 0.3 is 0 Å². The molecule has 0 aliphatic carbocycles. The Bertz CT molecular complexity index is 1050. The van der Waals surface area contributed by atoms with Gasteiger partial charge in [0, 0.05) is 38.6 Å². The fourth-order valence-corrected chi connectivity index (χ4v) is 3.23.